The maximum atomic E-state index is 12.1. The quantitative estimate of drug-likeness (QED) is 0.670. The van der Waals surface area contributed by atoms with Crippen molar-refractivity contribution in [2.24, 2.45) is 0 Å². The maximum absolute atomic E-state index is 12.1. The van der Waals surface area contributed by atoms with Gasteiger partial charge in [-0.3, -0.25) is 9.78 Å². The number of thiazole rings is 1. The topological polar surface area (TPSA) is 42.9 Å². The van der Waals surface area contributed by atoms with Gasteiger partial charge in [0.2, 0.25) is 0 Å². The lowest BCUT2D eigenvalue weighted by Crippen LogP contribution is -2.03. The number of ketones is 1. The number of halogens is 2. The first-order valence-corrected chi connectivity index (χ1v) is 7.39. The fourth-order valence-corrected chi connectivity index (χ4v) is 3.22. The Balaban J connectivity index is 1.92. The number of fused-ring (bicyclic) bond motifs is 1. The van der Waals surface area contributed by atoms with Crippen molar-refractivity contribution in [2.75, 3.05) is 0 Å². The third-order valence-electron chi connectivity index (χ3n) is 2.79. The minimum absolute atomic E-state index is 0.0145. The van der Waals surface area contributed by atoms with Crippen LogP contribution >= 0.6 is 34.5 Å². The molecule has 0 radical (unpaired) electrons. The van der Waals surface area contributed by atoms with Gasteiger partial charge >= 0.3 is 0 Å². The van der Waals surface area contributed by atoms with Gasteiger partial charge in [-0.05, 0) is 24.3 Å². The second kappa shape index (κ2) is 5.48. The largest absolute Gasteiger partial charge is 0.294 e. The molecule has 0 amide bonds. The first kappa shape index (κ1) is 13.5. The number of aromatic nitrogens is 2. The Morgan fingerprint density at radius 2 is 2.10 bits per heavy atom. The molecule has 2 heterocycles. The van der Waals surface area contributed by atoms with E-state index in [1.54, 1.807) is 30.6 Å². The van der Waals surface area contributed by atoms with E-state index >= 15 is 0 Å². The average Bonchev–Trinajstić information content (AvgIpc) is 2.87. The van der Waals surface area contributed by atoms with Crippen molar-refractivity contribution in [3.05, 3.63) is 57.3 Å². The van der Waals surface area contributed by atoms with E-state index in [1.807, 2.05) is 6.07 Å². The fraction of sp³-hybridized carbons (Fsp3) is 0.0714. The normalized spacial score (nSPS) is 10.9. The lowest BCUT2D eigenvalue weighted by atomic mass is 10.1. The molecule has 6 heteroatoms. The highest BCUT2D eigenvalue weighted by Gasteiger charge is 2.13. The zero-order chi connectivity index (χ0) is 14.1. The van der Waals surface area contributed by atoms with Gasteiger partial charge in [0.1, 0.15) is 10.5 Å². The van der Waals surface area contributed by atoms with Crippen molar-refractivity contribution in [2.45, 2.75) is 6.42 Å². The van der Waals surface area contributed by atoms with E-state index in [9.17, 15) is 4.79 Å². The van der Waals surface area contributed by atoms with Gasteiger partial charge in [-0.1, -0.05) is 23.2 Å². The smallest absolute Gasteiger partial charge is 0.171 e. The minimum atomic E-state index is -0.0145. The van der Waals surface area contributed by atoms with Crippen LogP contribution in [0.5, 0.6) is 0 Å². The molecule has 0 aliphatic carbocycles. The van der Waals surface area contributed by atoms with Crippen LogP contribution in [0.25, 0.3) is 10.2 Å². The zero-order valence-corrected chi connectivity index (χ0v) is 12.5. The summed E-state index contributed by atoms with van der Waals surface area (Å²) in [4.78, 5) is 20.4. The lowest BCUT2D eigenvalue weighted by molar-refractivity contribution is 0.0992. The van der Waals surface area contributed by atoms with Crippen LogP contribution in [0.1, 0.15) is 15.4 Å². The number of benzene rings is 1. The molecule has 0 unspecified atom stereocenters. The number of rotatable bonds is 3. The number of carbonyl (C=O) groups is 1. The fourth-order valence-electron chi connectivity index (χ4n) is 1.83. The van der Waals surface area contributed by atoms with Gasteiger partial charge in [0.05, 0.1) is 21.2 Å². The first-order chi connectivity index (χ1) is 9.65. The van der Waals surface area contributed by atoms with Crippen LogP contribution in [0.4, 0.5) is 0 Å². The number of nitrogens with zero attached hydrogens (tertiary/aromatic N) is 2. The van der Waals surface area contributed by atoms with Crippen LogP contribution in [0.2, 0.25) is 10.0 Å². The second-order valence-electron chi connectivity index (χ2n) is 4.16. The Kier molecular flexibility index (Phi) is 3.70. The standard InChI is InChI=1S/C14H8Cl2N2OS/c15-9-3-4-11-14(13(9)16)18-12(20-11)6-10(19)8-2-1-5-17-7-8/h1-5,7H,6H2. The molecule has 1 aromatic carbocycles. The van der Waals surface area contributed by atoms with Crippen molar-refractivity contribution in [3.8, 4) is 0 Å². The van der Waals surface area contributed by atoms with Gasteiger partial charge in [-0.2, -0.15) is 0 Å². The Morgan fingerprint density at radius 3 is 2.85 bits per heavy atom. The number of carbonyl (C=O) groups excluding carboxylic acids is 1. The van der Waals surface area contributed by atoms with E-state index in [1.165, 1.54) is 11.3 Å². The maximum Gasteiger partial charge on any atom is 0.171 e. The van der Waals surface area contributed by atoms with Gasteiger partial charge < -0.3 is 0 Å². The molecule has 3 aromatic rings. The summed E-state index contributed by atoms with van der Waals surface area (Å²) in [6, 6.07) is 7.07. The summed E-state index contributed by atoms with van der Waals surface area (Å²) < 4.78 is 0.924. The van der Waals surface area contributed by atoms with Crippen molar-refractivity contribution in [1.82, 2.24) is 9.97 Å². The van der Waals surface area contributed by atoms with E-state index < -0.39 is 0 Å². The minimum Gasteiger partial charge on any atom is -0.294 e. The summed E-state index contributed by atoms with van der Waals surface area (Å²) in [7, 11) is 0. The number of hydrogen-bond acceptors (Lipinski definition) is 4. The third kappa shape index (κ3) is 2.54. The molecule has 3 nitrogen and oxygen atoms in total. The van der Waals surface area contributed by atoms with Gasteiger partial charge in [-0.25, -0.2) is 4.98 Å². The van der Waals surface area contributed by atoms with Gasteiger partial charge in [0.15, 0.2) is 5.78 Å². The van der Waals surface area contributed by atoms with Crippen LogP contribution in [0.15, 0.2) is 36.7 Å². The molecule has 0 aliphatic heterocycles. The summed E-state index contributed by atoms with van der Waals surface area (Å²) in [5, 5.41) is 1.62. The Hall–Kier alpha value is -1.49. The van der Waals surface area contributed by atoms with Crippen LogP contribution in [0.3, 0.4) is 0 Å². The molecule has 0 saturated heterocycles. The Morgan fingerprint density at radius 1 is 1.25 bits per heavy atom. The predicted molar refractivity (Wildman–Crippen MR) is 81.9 cm³/mol. The highest BCUT2D eigenvalue weighted by molar-refractivity contribution is 7.18. The van der Waals surface area contributed by atoms with E-state index in [2.05, 4.69) is 9.97 Å². The molecule has 0 spiro atoms. The van der Waals surface area contributed by atoms with E-state index in [-0.39, 0.29) is 12.2 Å². The van der Waals surface area contributed by atoms with Crippen molar-refractivity contribution in [1.29, 1.82) is 0 Å². The molecule has 0 N–H and O–H groups in total. The molecule has 0 saturated carbocycles. The highest BCUT2D eigenvalue weighted by Crippen LogP contribution is 2.33. The number of Topliss-reactive ketones (excluding diaryl/α,β-unsaturated/α-hetero) is 1. The van der Waals surface area contributed by atoms with Crippen LogP contribution in [-0.2, 0) is 6.42 Å². The summed E-state index contributed by atoms with van der Waals surface area (Å²) in [5.74, 6) is -0.0145. The van der Waals surface area contributed by atoms with Crippen LogP contribution in [0, 0.1) is 0 Å². The highest BCUT2D eigenvalue weighted by atomic mass is 35.5. The third-order valence-corrected chi connectivity index (χ3v) is 4.61. The van der Waals surface area contributed by atoms with Crippen molar-refractivity contribution in [3.63, 3.8) is 0 Å². The van der Waals surface area contributed by atoms with Crippen LogP contribution < -0.4 is 0 Å². The van der Waals surface area contributed by atoms with E-state index in [0.717, 1.165) is 9.71 Å². The SMILES string of the molecule is O=C(Cc1nc2c(Cl)c(Cl)ccc2s1)c1cccnc1. The zero-order valence-electron chi connectivity index (χ0n) is 10.1. The molecule has 3 rings (SSSR count). The summed E-state index contributed by atoms with van der Waals surface area (Å²) >= 11 is 13.5. The number of hydrogen-bond donors (Lipinski definition) is 0. The number of pyridine rings is 1. The molecule has 0 aliphatic rings. The predicted octanol–water partition coefficient (Wildman–Crippen LogP) is 4.42. The Labute approximate surface area is 129 Å². The molecule has 100 valence electrons. The van der Waals surface area contributed by atoms with Crippen LogP contribution in [-0.4, -0.2) is 15.8 Å². The lowest BCUT2D eigenvalue weighted by Gasteiger charge is -1.96. The van der Waals surface area contributed by atoms with Crippen molar-refractivity contribution >= 4 is 50.5 Å². The average molecular weight is 323 g/mol. The van der Waals surface area contributed by atoms with Gasteiger partial charge in [0.25, 0.3) is 0 Å². The summed E-state index contributed by atoms with van der Waals surface area (Å²) in [6.07, 6.45) is 3.43. The molecule has 0 fully saturated rings. The molecular formula is C14H8Cl2N2OS. The first-order valence-electron chi connectivity index (χ1n) is 5.82. The molecule has 20 heavy (non-hydrogen) atoms. The summed E-state index contributed by atoms with van der Waals surface area (Å²) in [5.41, 5.74) is 1.23. The molecule has 0 atom stereocenters. The molecular weight excluding hydrogens is 315 g/mol. The Bertz CT molecular complexity index is 786. The van der Waals surface area contributed by atoms with Gasteiger partial charge in [0, 0.05) is 18.0 Å². The van der Waals surface area contributed by atoms with E-state index in [0.29, 0.717) is 21.1 Å². The molecule has 0 bridgehead atoms. The van der Waals surface area contributed by atoms with Crippen molar-refractivity contribution < 1.29 is 4.79 Å². The molecule has 2 aromatic heterocycles. The second-order valence-corrected chi connectivity index (χ2v) is 6.06. The van der Waals surface area contributed by atoms with Gasteiger partial charge in [-0.15, -0.1) is 11.3 Å². The summed E-state index contributed by atoms with van der Waals surface area (Å²) in [6.45, 7) is 0. The van der Waals surface area contributed by atoms with E-state index in [4.69, 9.17) is 23.2 Å². The monoisotopic (exact) mass is 322 g/mol.